The molecule has 0 aliphatic carbocycles. The molecule has 2 aromatic rings. The maximum absolute atomic E-state index is 13.9. The van der Waals surface area contributed by atoms with Crippen LogP contribution in [-0.2, 0) is 11.2 Å². The van der Waals surface area contributed by atoms with Gasteiger partial charge in [0, 0.05) is 11.6 Å². The van der Waals surface area contributed by atoms with Crippen LogP contribution < -0.4 is 5.32 Å². The van der Waals surface area contributed by atoms with Gasteiger partial charge in [0.05, 0.1) is 11.6 Å². The standard InChI is InChI=1S/C23H26F2N2O2/c1-3-16-4-7-19(8-5-16)26-23(29)15(2)27-12-10-17(11-13-27)22(28)20-14-18(24)6-9-21(20)25/h4-9,14-15,17H,3,10-13H2,1-2H3,(H,26,29). The second kappa shape index (κ2) is 9.27. The van der Waals surface area contributed by atoms with Crippen LogP contribution >= 0.6 is 0 Å². The normalized spacial score (nSPS) is 16.4. The molecule has 0 radical (unpaired) electrons. The average Bonchev–Trinajstić information content (AvgIpc) is 2.75. The number of anilines is 1. The van der Waals surface area contributed by atoms with Gasteiger partial charge in [-0.3, -0.25) is 14.5 Å². The third-order valence-electron chi connectivity index (χ3n) is 5.65. The molecule has 0 spiro atoms. The number of likely N-dealkylation sites (tertiary alicyclic amines) is 1. The van der Waals surface area contributed by atoms with E-state index in [1.165, 1.54) is 5.56 Å². The molecular formula is C23H26F2N2O2. The third-order valence-corrected chi connectivity index (χ3v) is 5.65. The molecule has 2 aromatic carbocycles. The van der Waals surface area contributed by atoms with Crippen molar-refractivity contribution in [3.63, 3.8) is 0 Å². The predicted octanol–water partition coefficient (Wildman–Crippen LogP) is 4.45. The van der Waals surface area contributed by atoms with Crippen LogP contribution in [0.25, 0.3) is 0 Å². The summed E-state index contributed by atoms with van der Waals surface area (Å²) in [5.41, 5.74) is 1.77. The highest BCUT2D eigenvalue weighted by molar-refractivity contribution is 5.98. The van der Waals surface area contributed by atoms with Crippen molar-refractivity contribution in [2.75, 3.05) is 18.4 Å². The molecule has 3 rings (SSSR count). The Labute approximate surface area is 169 Å². The van der Waals surface area contributed by atoms with Crippen LogP contribution in [0.5, 0.6) is 0 Å². The summed E-state index contributed by atoms with van der Waals surface area (Å²) in [5, 5.41) is 2.93. The van der Waals surface area contributed by atoms with Crippen LogP contribution in [0.4, 0.5) is 14.5 Å². The second-order valence-corrected chi connectivity index (χ2v) is 7.51. The molecule has 0 aromatic heterocycles. The summed E-state index contributed by atoms with van der Waals surface area (Å²) in [7, 11) is 0. The lowest BCUT2D eigenvalue weighted by Gasteiger charge is -2.34. The number of rotatable bonds is 6. The van der Waals surface area contributed by atoms with Gasteiger partial charge in [-0.05, 0) is 75.2 Å². The minimum absolute atomic E-state index is 0.102. The number of carbonyl (C=O) groups is 2. The molecule has 4 nitrogen and oxygen atoms in total. The average molecular weight is 400 g/mol. The molecule has 1 amide bonds. The van der Waals surface area contributed by atoms with Crippen molar-refractivity contribution in [1.82, 2.24) is 4.90 Å². The second-order valence-electron chi connectivity index (χ2n) is 7.51. The summed E-state index contributed by atoms with van der Waals surface area (Å²) in [6.45, 7) is 5.02. The van der Waals surface area contributed by atoms with E-state index in [4.69, 9.17) is 0 Å². The summed E-state index contributed by atoms with van der Waals surface area (Å²) >= 11 is 0. The lowest BCUT2D eigenvalue weighted by atomic mass is 9.88. The fourth-order valence-corrected chi connectivity index (χ4v) is 3.69. The Balaban J connectivity index is 1.55. The van der Waals surface area contributed by atoms with Gasteiger partial charge in [0.1, 0.15) is 11.6 Å². The molecule has 1 heterocycles. The molecular weight excluding hydrogens is 374 g/mol. The fraction of sp³-hybridized carbons (Fsp3) is 0.391. The van der Waals surface area contributed by atoms with Crippen molar-refractivity contribution in [2.24, 2.45) is 5.92 Å². The highest BCUT2D eigenvalue weighted by atomic mass is 19.1. The van der Waals surface area contributed by atoms with Gasteiger partial charge in [-0.2, -0.15) is 0 Å². The number of carbonyl (C=O) groups excluding carboxylic acids is 2. The van der Waals surface area contributed by atoms with E-state index >= 15 is 0 Å². The van der Waals surface area contributed by atoms with Gasteiger partial charge >= 0.3 is 0 Å². The first-order valence-electron chi connectivity index (χ1n) is 10.0. The van der Waals surface area contributed by atoms with E-state index in [0.717, 1.165) is 30.3 Å². The van der Waals surface area contributed by atoms with Gasteiger partial charge in [0.2, 0.25) is 5.91 Å². The lowest BCUT2D eigenvalue weighted by Crippen LogP contribution is -2.47. The highest BCUT2D eigenvalue weighted by Gasteiger charge is 2.31. The van der Waals surface area contributed by atoms with Crippen LogP contribution in [0.1, 0.15) is 42.6 Å². The monoisotopic (exact) mass is 400 g/mol. The van der Waals surface area contributed by atoms with Gasteiger partial charge in [0.25, 0.3) is 0 Å². The number of hydrogen-bond acceptors (Lipinski definition) is 3. The molecule has 0 saturated carbocycles. The maximum Gasteiger partial charge on any atom is 0.241 e. The van der Waals surface area contributed by atoms with Crippen molar-refractivity contribution in [2.45, 2.75) is 39.2 Å². The number of aryl methyl sites for hydroxylation is 1. The van der Waals surface area contributed by atoms with Crippen LogP contribution in [0.2, 0.25) is 0 Å². The number of ketones is 1. The van der Waals surface area contributed by atoms with E-state index in [1.54, 1.807) is 0 Å². The molecule has 154 valence electrons. The van der Waals surface area contributed by atoms with Crippen molar-refractivity contribution < 1.29 is 18.4 Å². The summed E-state index contributed by atoms with van der Waals surface area (Å²) in [6, 6.07) is 10.4. The summed E-state index contributed by atoms with van der Waals surface area (Å²) in [5.74, 6) is -2.14. The number of nitrogens with zero attached hydrogens (tertiary/aromatic N) is 1. The molecule has 1 aliphatic heterocycles. The molecule has 1 aliphatic rings. The quantitative estimate of drug-likeness (QED) is 0.729. The number of Topliss-reactive ketones (excluding diaryl/α,β-unsaturated/α-hetero) is 1. The summed E-state index contributed by atoms with van der Waals surface area (Å²) in [6.07, 6.45) is 1.97. The predicted molar refractivity (Wildman–Crippen MR) is 109 cm³/mol. The van der Waals surface area contributed by atoms with Crippen molar-refractivity contribution in [3.05, 3.63) is 65.2 Å². The van der Waals surface area contributed by atoms with E-state index in [0.29, 0.717) is 25.9 Å². The zero-order valence-corrected chi connectivity index (χ0v) is 16.8. The molecule has 1 fully saturated rings. The minimum Gasteiger partial charge on any atom is -0.325 e. The van der Waals surface area contributed by atoms with Gasteiger partial charge in [-0.25, -0.2) is 8.78 Å². The van der Waals surface area contributed by atoms with Crippen molar-refractivity contribution >= 4 is 17.4 Å². The first kappa shape index (κ1) is 21.1. The van der Waals surface area contributed by atoms with E-state index in [1.807, 2.05) is 36.1 Å². The number of nitrogens with one attached hydrogen (secondary N) is 1. The van der Waals surface area contributed by atoms with Crippen molar-refractivity contribution in [3.8, 4) is 0 Å². The Hall–Kier alpha value is -2.60. The molecule has 0 bridgehead atoms. The molecule has 29 heavy (non-hydrogen) atoms. The Morgan fingerprint density at radius 3 is 2.38 bits per heavy atom. The molecule has 1 saturated heterocycles. The van der Waals surface area contributed by atoms with Gasteiger partial charge in [0.15, 0.2) is 5.78 Å². The van der Waals surface area contributed by atoms with Gasteiger partial charge < -0.3 is 5.32 Å². The number of piperidine rings is 1. The number of amides is 1. The molecule has 1 N–H and O–H groups in total. The Kier molecular flexibility index (Phi) is 6.75. The van der Waals surface area contributed by atoms with Crippen LogP contribution in [-0.4, -0.2) is 35.7 Å². The Morgan fingerprint density at radius 2 is 1.76 bits per heavy atom. The third kappa shape index (κ3) is 5.07. The van der Waals surface area contributed by atoms with Gasteiger partial charge in [-0.15, -0.1) is 0 Å². The van der Waals surface area contributed by atoms with E-state index in [2.05, 4.69) is 12.2 Å². The highest BCUT2D eigenvalue weighted by Crippen LogP contribution is 2.25. The first-order chi connectivity index (χ1) is 13.9. The number of hydrogen-bond donors (Lipinski definition) is 1. The number of halogens is 2. The zero-order chi connectivity index (χ0) is 21.0. The Morgan fingerprint density at radius 1 is 1.10 bits per heavy atom. The van der Waals surface area contributed by atoms with Crippen molar-refractivity contribution in [1.29, 1.82) is 0 Å². The molecule has 6 heteroatoms. The van der Waals surface area contributed by atoms with Crippen LogP contribution in [0.15, 0.2) is 42.5 Å². The molecule has 1 atom stereocenters. The van der Waals surface area contributed by atoms with E-state index < -0.39 is 11.6 Å². The molecule has 1 unspecified atom stereocenters. The zero-order valence-electron chi connectivity index (χ0n) is 16.8. The Bertz CT molecular complexity index is 875. The van der Waals surface area contributed by atoms with Gasteiger partial charge in [-0.1, -0.05) is 19.1 Å². The van der Waals surface area contributed by atoms with Crippen LogP contribution in [0, 0.1) is 17.6 Å². The maximum atomic E-state index is 13.9. The van der Waals surface area contributed by atoms with E-state index in [-0.39, 0.29) is 29.2 Å². The minimum atomic E-state index is -0.694. The SMILES string of the molecule is CCc1ccc(NC(=O)C(C)N2CCC(C(=O)c3cc(F)ccc3F)CC2)cc1. The smallest absolute Gasteiger partial charge is 0.241 e. The summed E-state index contributed by atoms with van der Waals surface area (Å²) in [4.78, 5) is 27.2. The number of benzene rings is 2. The topological polar surface area (TPSA) is 49.4 Å². The fourth-order valence-electron chi connectivity index (χ4n) is 3.69. The summed E-state index contributed by atoms with van der Waals surface area (Å²) < 4.78 is 27.3. The van der Waals surface area contributed by atoms with E-state index in [9.17, 15) is 18.4 Å². The van der Waals surface area contributed by atoms with Crippen LogP contribution in [0.3, 0.4) is 0 Å². The first-order valence-corrected chi connectivity index (χ1v) is 10.0. The largest absolute Gasteiger partial charge is 0.325 e. The lowest BCUT2D eigenvalue weighted by molar-refractivity contribution is -0.121.